The number of piperazine rings is 1. The Hall–Kier alpha value is -1.46. The molecule has 2 aliphatic heterocycles. The van der Waals surface area contributed by atoms with Crippen molar-refractivity contribution in [2.24, 2.45) is 0 Å². The molecule has 1 saturated heterocycles. The first kappa shape index (κ1) is 13.5. The highest BCUT2D eigenvalue weighted by Gasteiger charge is 2.12. The van der Waals surface area contributed by atoms with E-state index in [0.717, 1.165) is 63.0 Å². The van der Waals surface area contributed by atoms with Crippen molar-refractivity contribution in [3.63, 3.8) is 0 Å². The summed E-state index contributed by atoms with van der Waals surface area (Å²) in [4.78, 5) is 2.42. The third kappa shape index (κ3) is 3.55. The average molecular weight is 278 g/mol. The highest BCUT2D eigenvalue weighted by Crippen LogP contribution is 2.33. The van der Waals surface area contributed by atoms with E-state index in [1.165, 1.54) is 0 Å². The van der Waals surface area contributed by atoms with Crippen molar-refractivity contribution >= 4 is 0 Å². The molecule has 0 atom stereocenters. The van der Waals surface area contributed by atoms with Gasteiger partial charge in [0.1, 0.15) is 12.4 Å². The fourth-order valence-electron chi connectivity index (χ4n) is 2.46. The summed E-state index contributed by atoms with van der Waals surface area (Å²) in [5.41, 5.74) is 0. The number of hydrogen-bond donors (Lipinski definition) is 1. The van der Waals surface area contributed by atoms with Crippen molar-refractivity contribution in [3.8, 4) is 17.2 Å². The van der Waals surface area contributed by atoms with Gasteiger partial charge in [0.05, 0.1) is 13.2 Å². The largest absolute Gasteiger partial charge is 0.492 e. The maximum atomic E-state index is 5.82. The van der Waals surface area contributed by atoms with Gasteiger partial charge in [-0.05, 0) is 12.1 Å². The summed E-state index contributed by atoms with van der Waals surface area (Å²) in [5.74, 6) is 2.46. The lowest BCUT2D eigenvalue weighted by Crippen LogP contribution is -2.44. The lowest BCUT2D eigenvalue weighted by atomic mass is 10.3. The van der Waals surface area contributed by atoms with Gasteiger partial charge in [0, 0.05) is 45.2 Å². The first-order valence-corrected chi connectivity index (χ1v) is 7.37. The van der Waals surface area contributed by atoms with Crippen LogP contribution in [0, 0.1) is 0 Å². The highest BCUT2D eigenvalue weighted by atomic mass is 16.5. The molecule has 0 amide bonds. The van der Waals surface area contributed by atoms with Crippen LogP contribution in [0.3, 0.4) is 0 Å². The SMILES string of the molecule is c1cc2c(cc1OCCN1CCNCC1)OCCCO2. The highest BCUT2D eigenvalue weighted by molar-refractivity contribution is 5.45. The molecule has 0 unspecified atom stereocenters. The minimum Gasteiger partial charge on any atom is -0.492 e. The van der Waals surface area contributed by atoms with Crippen molar-refractivity contribution < 1.29 is 14.2 Å². The van der Waals surface area contributed by atoms with Crippen molar-refractivity contribution in [1.82, 2.24) is 10.2 Å². The molecule has 1 aromatic rings. The normalized spacial score (nSPS) is 19.4. The number of nitrogens with one attached hydrogen (secondary N) is 1. The molecule has 0 bridgehead atoms. The second kappa shape index (κ2) is 6.81. The molecular weight excluding hydrogens is 256 g/mol. The Morgan fingerprint density at radius 1 is 1.10 bits per heavy atom. The van der Waals surface area contributed by atoms with Crippen LogP contribution in [0.1, 0.15) is 6.42 Å². The van der Waals surface area contributed by atoms with Crippen molar-refractivity contribution in [2.45, 2.75) is 6.42 Å². The predicted molar refractivity (Wildman–Crippen MR) is 76.9 cm³/mol. The lowest BCUT2D eigenvalue weighted by Gasteiger charge is -2.26. The summed E-state index contributed by atoms with van der Waals surface area (Å²) in [6.45, 7) is 7.45. The van der Waals surface area contributed by atoms with Crippen LogP contribution in [0.25, 0.3) is 0 Å². The molecule has 20 heavy (non-hydrogen) atoms. The van der Waals surface area contributed by atoms with E-state index < -0.39 is 0 Å². The molecule has 5 nitrogen and oxygen atoms in total. The van der Waals surface area contributed by atoms with Crippen LogP contribution in [0.4, 0.5) is 0 Å². The number of nitrogens with zero attached hydrogens (tertiary/aromatic N) is 1. The van der Waals surface area contributed by atoms with E-state index in [4.69, 9.17) is 14.2 Å². The number of fused-ring (bicyclic) bond motifs is 1. The first-order chi connectivity index (χ1) is 9.92. The standard InChI is InChI=1S/C15H22N2O3/c1-9-19-14-3-2-13(12-15(14)20-10-1)18-11-8-17-6-4-16-5-7-17/h2-3,12,16H,1,4-11H2. The summed E-state index contributed by atoms with van der Waals surface area (Å²) in [7, 11) is 0. The Morgan fingerprint density at radius 3 is 2.75 bits per heavy atom. The zero-order chi connectivity index (χ0) is 13.6. The fraction of sp³-hybridized carbons (Fsp3) is 0.600. The lowest BCUT2D eigenvalue weighted by molar-refractivity contribution is 0.191. The minimum atomic E-state index is 0.706. The summed E-state index contributed by atoms with van der Waals surface area (Å²) in [6.07, 6.45) is 0.924. The predicted octanol–water partition coefficient (Wildman–Crippen LogP) is 1.13. The molecular formula is C15H22N2O3. The molecule has 2 aliphatic rings. The summed E-state index contributed by atoms with van der Waals surface area (Å²) in [6, 6.07) is 5.81. The molecule has 0 aliphatic carbocycles. The van der Waals surface area contributed by atoms with Gasteiger partial charge in [0.2, 0.25) is 0 Å². The third-order valence-corrected chi connectivity index (χ3v) is 3.60. The Bertz CT molecular complexity index is 433. The van der Waals surface area contributed by atoms with Crippen molar-refractivity contribution in [3.05, 3.63) is 18.2 Å². The molecule has 1 N–H and O–H groups in total. The zero-order valence-electron chi connectivity index (χ0n) is 11.8. The van der Waals surface area contributed by atoms with Gasteiger partial charge in [-0.25, -0.2) is 0 Å². The number of rotatable bonds is 4. The first-order valence-electron chi connectivity index (χ1n) is 7.37. The molecule has 2 heterocycles. The molecule has 0 saturated carbocycles. The summed E-state index contributed by atoms with van der Waals surface area (Å²) in [5, 5.41) is 3.35. The van der Waals surface area contributed by atoms with Crippen LogP contribution >= 0.6 is 0 Å². The number of ether oxygens (including phenoxy) is 3. The van der Waals surface area contributed by atoms with Gasteiger partial charge in [0.15, 0.2) is 11.5 Å². The van der Waals surface area contributed by atoms with Gasteiger partial charge < -0.3 is 19.5 Å². The van der Waals surface area contributed by atoms with Gasteiger partial charge in [-0.15, -0.1) is 0 Å². The Morgan fingerprint density at radius 2 is 1.90 bits per heavy atom. The maximum Gasteiger partial charge on any atom is 0.164 e. The molecule has 5 heteroatoms. The third-order valence-electron chi connectivity index (χ3n) is 3.60. The van der Waals surface area contributed by atoms with E-state index in [-0.39, 0.29) is 0 Å². The van der Waals surface area contributed by atoms with Gasteiger partial charge in [-0.1, -0.05) is 0 Å². The van der Waals surface area contributed by atoms with Gasteiger partial charge >= 0.3 is 0 Å². The van der Waals surface area contributed by atoms with E-state index in [1.54, 1.807) is 0 Å². The topological polar surface area (TPSA) is 43.0 Å². The van der Waals surface area contributed by atoms with E-state index in [0.29, 0.717) is 13.2 Å². The monoisotopic (exact) mass is 278 g/mol. The van der Waals surface area contributed by atoms with Crippen LogP contribution < -0.4 is 19.5 Å². The average Bonchev–Trinajstić information content (AvgIpc) is 2.73. The van der Waals surface area contributed by atoms with E-state index >= 15 is 0 Å². The van der Waals surface area contributed by atoms with Gasteiger partial charge in [-0.3, -0.25) is 4.90 Å². The van der Waals surface area contributed by atoms with Crippen LogP contribution in [-0.2, 0) is 0 Å². The Kier molecular flexibility index (Phi) is 4.61. The molecule has 3 rings (SSSR count). The number of hydrogen-bond acceptors (Lipinski definition) is 5. The Balaban J connectivity index is 1.51. The van der Waals surface area contributed by atoms with Crippen LogP contribution in [0.5, 0.6) is 17.2 Å². The summed E-state index contributed by atoms with van der Waals surface area (Å²) < 4.78 is 17.1. The van der Waals surface area contributed by atoms with Crippen molar-refractivity contribution in [1.29, 1.82) is 0 Å². The molecule has 1 aromatic carbocycles. The Labute approximate surface area is 119 Å². The van der Waals surface area contributed by atoms with Crippen LogP contribution in [0.15, 0.2) is 18.2 Å². The molecule has 0 aromatic heterocycles. The summed E-state index contributed by atoms with van der Waals surface area (Å²) >= 11 is 0. The number of benzene rings is 1. The van der Waals surface area contributed by atoms with Gasteiger partial charge in [-0.2, -0.15) is 0 Å². The van der Waals surface area contributed by atoms with E-state index in [2.05, 4.69) is 10.2 Å². The zero-order valence-corrected chi connectivity index (χ0v) is 11.8. The fourth-order valence-corrected chi connectivity index (χ4v) is 2.46. The van der Waals surface area contributed by atoms with Gasteiger partial charge in [0.25, 0.3) is 0 Å². The second-order valence-corrected chi connectivity index (χ2v) is 5.10. The molecule has 0 radical (unpaired) electrons. The van der Waals surface area contributed by atoms with Crippen LogP contribution in [-0.4, -0.2) is 57.4 Å². The van der Waals surface area contributed by atoms with Crippen molar-refractivity contribution in [2.75, 3.05) is 52.5 Å². The quantitative estimate of drug-likeness (QED) is 0.894. The molecule has 0 spiro atoms. The maximum absolute atomic E-state index is 5.82. The molecule has 1 fully saturated rings. The van der Waals surface area contributed by atoms with E-state index in [9.17, 15) is 0 Å². The smallest absolute Gasteiger partial charge is 0.164 e. The van der Waals surface area contributed by atoms with Crippen LogP contribution in [0.2, 0.25) is 0 Å². The minimum absolute atomic E-state index is 0.706. The molecule has 110 valence electrons. The second-order valence-electron chi connectivity index (χ2n) is 5.10. The van der Waals surface area contributed by atoms with E-state index in [1.807, 2.05) is 18.2 Å².